The maximum atomic E-state index is 11.7. The number of aliphatic carboxylic acids is 1. The number of carboxylic acids is 1. The number of aliphatic hydroxyl groups excluding tert-OH is 1. The Kier molecular flexibility index (Phi) is 30.9. The minimum atomic E-state index is -1.23. The minimum absolute atomic E-state index is 0.237. The second-order valence-corrected chi connectivity index (χ2v) is 10.6. The third kappa shape index (κ3) is 35.0. The number of hydrogen-bond acceptors (Lipinski definition) is 4. The first-order valence-electron chi connectivity index (χ1n) is 15.1. The van der Waals surface area contributed by atoms with Crippen LogP contribution in [0, 0.1) is 0 Å². The van der Waals surface area contributed by atoms with E-state index in [9.17, 15) is 9.59 Å². The van der Waals surface area contributed by atoms with E-state index in [2.05, 4.69) is 31.2 Å². The normalized spacial score (nSPS) is 11.7. The first-order valence-corrected chi connectivity index (χ1v) is 15.1. The van der Waals surface area contributed by atoms with Crippen molar-refractivity contribution in [1.82, 2.24) is 10.2 Å². The Morgan fingerprint density at radius 2 is 1.00 bits per heavy atom. The first-order chi connectivity index (χ1) is 17.3. The van der Waals surface area contributed by atoms with Gasteiger partial charge in [-0.25, -0.2) is 4.79 Å². The Balaban J connectivity index is 0. The van der Waals surface area contributed by atoms with Crippen molar-refractivity contribution in [2.45, 2.75) is 155 Å². The topological polar surface area (TPSA) is 89.9 Å². The van der Waals surface area contributed by atoms with Crippen LogP contribution in [0.15, 0.2) is 0 Å². The molecule has 0 heterocycles. The molecule has 0 aliphatic heterocycles. The number of hydrogen-bond donors (Lipinski definition) is 3. The molecule has 3 N–H and O–H groups in total. The van der Waals surface area contributed by atoms with Crippen LogP contribution in [0.2, 0.25) is 0 Å². The van der Waals surface area contributed by atoms with Crippen LogP contribution in [-0.2, 0) is 9.59 Å². The molecule has 1 unspecified atom stereocenters. The molecular weight excluding hydrogens is 452 g/mol. The van der Waals surface area contributed by atoms with Crippen molar-refractivity contribution in [1.29, 1.82) is 0 Å². The highest BCUT2D eigenvalue weighted by molar-refractivity contribution is 5.75. The van der Waals surface area contributed by atoms with Crippen molar-refractivity contribution in [3.05, 3.63) is 0 Å². The molecule has 6 nitrogen and oxygen atoms in total. The molecule has 6 heteroatoms. The highest BCUT2D eigenvalue weighted by atomic mass is 16.4. The number of nitrogens with zero attached hydrogens (tertiary/aromatic N) is 1. The van der Waals surface area contributed by atoms with Gasteiger partial charge in [-0.15, -0.1) is 0 Å². The van der Waals surface area contributed by atoms with Gasteiger partial charge >= 0.3 is 5.97 Å². The molecule has 1 atom stereocenters. The second kappa shape index (κ2) is 30.1. The zero-order chi connectivity index (χ0) is 27.3. The van der Waals surface area contributed by atoms with E-state index in [1.165, 1.54) is 122 Å². The van der Waals surface area contributed by atoms with Gasteiger partial charge in [-0.05, 0) is 40.4 Å². The lowest BCUT2D eigenvalue weighted by Crippen LogP contribution is -2.26. The highest BCUT2D eigenvalue weighted by Crippen LogP contribution is 2.14. The first kappa shape index (κ1) is 37.0. The van der Waals surface area contributed by atoms with Crippen LogP contribution in [0.1, 0.15) is 149 Å². The second-order valence-electron chi connectivity index (χ2n) is 10.6. The summed E-state index contributed by atoms with van der Waals surface area (Å²) in [6, 6.07) is 0. The monoisotopic (exact) mass is 514 g/mol. The van der Waals surface area contributed by atoms with Gasteiger partial charge in [0.15, 0.2) is 0 Å². The zero-order valence-electron chi connectivity index (χ0n) is 24.5. The zero-order valence-corrected chi connectivity index (χ0v) is 24.5. The van der Waals surface area contributed by atoms with Gasteiger partial charge < -0.3 is 20.4 Å². The molecule has 0 aromatic carbocycles. The Labute approximate surface area is 224 Å². The quantitative estimate of drug-likeness (QED) is 0.111. The summed E-state index contributed by atoms with van der Waals surface area (Å²) in [7, 11) is 4.14. The van der Waals surface area contributed by atoms with Crippen molar-refractivity contribution < 1.29 is 19.8 Å². The number of amides is 1. The summed E-state index contributed by atoms with van der Waals surface area (Å²) >= 11 is 0. The van der Waals surface area contributed by atoms with Gasteiger partial charge in [0.2, 0.25) is 5.91 Å². The van der Waals surface area contributed by atoms with Gasteiger partial charge in [0.25, 0.3) is 0 Å². The summed E-state index contributed by atoms with van der Waals surface area (Å²) in [5.74, 6) is -0.948. The fraction of sp³-hybridized carbons (Fsp3) is 0.933. The Hall–Kier alpha value is -1.14. The molecule has 216 valence electrons. The average molecular weight is 515 g/mol. The lowest BCUT2D eigenvalue weighted by Gasteiger charge is -2.09. The summed E-state index contributed by atoms with van der Waals surface area (Å²) in [5, 5.41) is 18.8. The predicted octanol–water partition coefficient (Wildman–Crippen LogP) is 7.33. The molecule has 0 aromatic heterocycles. The van der Waals surface area contributed by atoms with Crippen molar-refractivity contribution in [2.75, 3.05) is 27.2 Å². The Morgan fingerprint density at radius 1 is 0.667 bits per heavy atom. The Morgan fingerprint density at radius 3 is 1.31 bits per heavy atom. The van der Waals surface area contributed by atoms with Gasteiger partial charge in [-0.2, -0.15) is 0 Å². The molecule has 0 saturated heterocycles. The molecule has 0 aliphatic carbocycles. The van der Waals surface area contributed by atoms with E-state index >= 15 is 0 Å². The number of aliphatic hydroxyl groups is 1. The smallest absolute Gasteiger partial charge is 0.332 e. The van der Waals surface area contributed by atoms with Gasteiger partial charge in [0, 0.05) is 13.0 Å². The molecule has 0 radical (unpaired) electrons. The summed E-state index contributed by atoms with van der Waals surface area (Å²) in [6.45, 7) is 5.35. The number of carboxylic acid groups (broad SMARTS) is 1. The molecular formula is C30H62N2O4. The van der Waals surface area contributed by atoms with Crippen LogP contribution in [0.5, 0.6) is 0 Å². The van der Waals surface area contributed by atoms with E-state index in [0.29, 0.717) is 6.42 Å². The molecule has 0 rings (SSSR count). The van der Waals surface area contributed by atoms with Gasteiger partial charge in [0.05, 0.1) is 0 Å². The van der Waals surface area contributed by atoms with E-state index in [0.717, 1.165) is 25.9 Å². The van der Waals surface area contributed by atoms with Crippen LogP contribution in [0.4, 0.5) is 0 Å². The number of nitrogens with one attached hydrogen (secondary N) is 1. The molecule has 0 spiro atoms. The SMILES string of the molecule is CC(O)C(=O)O.CCCCCCCCCCCCCCCCCCCCCC(=O)NCCCN(C)C. The predicted molar refractivity (Wildman–Crippen MR) is 154 cm³/mol. The Bertz CT molecular complexity index is 470. The van der Waals surface area contributed by atoms with Crippen LogP contribution in [0.3, 0.4) is 0 Å². The van der Waals surface area contributed by atoms with E-state index in [4.69, 9.17) is 10.2 Å². The highest BCUT2D eigenvalue weighted by Gasteiger charge is 2.02. The lowest BCUT2D eigenvalue weighted by molar-refractivity contribution is -0.145. The molecule has 0 bridgehead atoms. The largest absolute Gasteiger partial charge is 0.479 e. The number of unbranched alkanes of at least 4 members (excludes halogenated alkanes) is 18. The molecule has 0 fully saturated rings. The molecule has 1 amide bonds. The maximum Gasteiger partial charge on any atom is 0.332 e. The van der Waals surface area contributed by atoms with Crippen molar-refractivity contribution >= 4 is 11.9 Å². The van der Waals surface area contributed by atoms with E-state index in [-0.39, 0.29) is 5.91 Å². The summed E-state index contributed by atoms with van der Waals surface area (Å²) in [6.07, 6.45) is 27.0. The molecule has 0 aromatic rings. The van der Waals surface area contributed by atoms with Crippen LogP contribution >= 0.6 is 0 Å². The van der Waals surface area contributed by atoms with Crippen molar-refractivity contribution in [2.24, 2.45) is 0 Å². The summed E-state index contributed by atoms with van der Waals surface area (Å²) in [4.78, 5) is 23.4. The van der Waals surface area contributed by atoms with Gasteiger partial charge in [0.1, 0.15) is 6.10 Å². The molecule has 0 saturated carbocycles. The summed E-state index contributed by atoms with van der Waals surface area (Å²) < 4.78 is 0. The molecule has 0 aliphatic rings. The van der Waals surface area contributed by atoms with Crippen LogP contribution in [0.25, 0.3) is 0 Å². The minimum Gasteiger partial charge on any atom is -0.479 e. The van der Waals surface area contributed by atoms with Crippen LogP contribution in [-0.4, -0.2) is 60.3 Å². The fourth-order valence-electron chi connectivity index (χ4n) is 4.08. The average Bonchev–Trinajstić information content (AvgIpc) is 2.83. The van der Waals surface area contributed by atoms with Crippen molar-refractivity contribution in [3.63, 3.8) is 0 Å². The lowest BCUT2D eigenvalue weighted by atomic mass is 10.0. The van der Waals surface area contributed by atoms with E-state index < -0.39 is 12.1 Å². The van der Waals surface area contributed by atoms with Crippen LogP contribution < -0.4 is 5.32 Å². The fourth-order valence-corrected chi connectivity index (χ4v) is 4.08. The molecule has 36 heavy (non-hydrogen) atoms. The number of carbonyl (C=O) groups excluding carboxylic acids is 1. The third-order valence-electron chi connectivity index (χ3n) is 6.47. The third-order valence-corrected chi connectivity index (χ3v) is 6.47. The van der Waals surface area contributed by atoms with E-state index in [1.54, 1.807) is 0 Å². The standard InChI is InChI=1S/C27H56N2O.C3H6O3/c1-4-5-6-7-8-9-10-11-12-13-14-15-16-17-18-19-20-21-22-24-27(30)28-25-23-26-29(2)3;1-2(4)3(5)6/h4-26H2,1-3H3,(H,28,30);2,4H,1H3,(H,5,6). The van der Waals surface area contributed by atoms with Crippen molar-refractivity contribution in [3.8, 4) is 0 Å². The van der Waals surface area contributed by atoms with Gasteiger partial charge in [-0.1, -0.05) is 122 Å². The maximum absolute atomic E-state index is 11.7. The number of rotatable bonds is 25. The van der Waals surface area contributed by atoms with E-state index in [1.807, 2.05) is 0 Å². The number of carbonyl (C=O) groups is 2. The summed E-state index contributed by atoms with van der Waals surface area (Å²) in [5.41, 5.74) is 0. The van der Waals surface area contributed by atoms with Gasteiger partial charge in [-0.3, -0.25) is 4.79 Å².